The smallest absolute Gasteiger partial charge is 0.303 e. The lowest BCUT2D eigenvalue weighted by molar-refractivity contribution is 0.0932. The molecule has 1 saturated heterocycles. The van der Waals surface area contributed by atoms with Gasteiger partial charge in [-0.1, -0.05) is 37.6 Å². The minimum Gasteiger partial charge on any atom is -0.473 e. The lowest BCUT2D eigenvalue weighted by Crippen LogP contribution is -2.36. The number of amides is 1. The highest BCUT2D eigenvalue weighted by Crippen LogP contribution is 2.39. The number of nitrogens with zero attached hydrogens (tertiary/aromatic N) is 4. The molecule has 214 valence electrons. The number of carbonyl (C=O) groups is 1. The molecule has 0 spiro atoms. The fraction of sp³-hybridized carbons (Fsp3) is 0.286. The van der Waals surface area contributed by atoms with E-state index in [0.29, 0.717) is 6.61 Å². The summed E-state index contributed by atoms with van der Waals surface area (Å²) in [5.41, 5.74) is 1.95. The Morgan fingerprint density at radius 2 is 1.90 bits per heavy atom. The number of carbonyl (C=O) groups excluding carboxylic acids is 1. The van der Waals surface area contributed by atoms with Gasteiger partial charge in [0.15, 0.2) is 0 Å². The molecule has 1 atom stereocenters. The van der Waals surface area contributed by atoms with Gasteiger partial charge in [-0.25, -0.2) is 24.0 Å². The van der Waals surface area contributed by atoms with Gasteiger partial charge in [0, 0.05) is 34.1 Å². The molecule has 13 heteroatoms. The first kappa shape index (κ1) is 28.5. The second-order valence-corrected chi connectivity index (χ2v) is 10.7. The van der Waals surface area contributed by atoms with Crippen LogP contribution in [0.5, 0.6) is 5.88 Å². The molecule has 2 aromatic heterocycles. The van der Waals surface area contributed by atoms with Gasteiger partial charge in [-0.3, -0.25) is 10.2 Å². The molecule has 2 aromatic carbocycles. The maximum absolute atomic E-state index is 15.4. The lowest BCUT2D eigenvalue weighted by atomic mass is 9.87. The maximum Gasteiger partial charge on any atom is 0.303 e. The molecule has 41 heavy (non-hydrogen) atoms. The van der Waals surface area contributed by atoms with Crippen molar-refractivity contribution < 1.29 is 27.4 Å². The Kier molecular flexibility index (Phi) is 7.98. The Hall–Kier alpha value is -4.00. The van der Waals surface area contributed by atoms with E-state index in [1.165, 1.54) is 30.3 Å². The van der Waals surface area contributed by atoms with Crippen molar-refractivity contribution in [1.29, 1.82) is 0 Å². The number of nitrogens with one attached hydrogen (secondary N) is 1. The Morgan fingerprint density at radius 3 is 2.61 bits per heavy atom. The molecule has 3 N–H and O–H groups in total. The van der Waals surface area contributed by atoms with Gasteiger partial charge in [-0.05, 0) is 35.9 Å². The van der Waals surface area contributed by atoms with Gasteiger partial charge in [0.25, 0.3) is 0 Å². The molecule has 1 aliphatic heterocycles. The summed E-state index contributed by atoms with van der Waals surface area (Å²) in [6, 6.07) is 10.5. The van der Waals surface area contributed by atoms with Crippen LogP contribution in [0.2, 0.25) is 5.02 Å². The summed E-state index contributed by atoms with van der Waals surface area (Å²) in [4.78, 5) is 16.7. The zero-order valence-electron chi connectivity index (χ0n) is 22.1. The first-order chi connectivity index (χ1) is 19.6. The van der Waals surface area contributed by atoms with Crippen LogP contribution in [0.1, 0.15) is 47.5 Å². The van der Waals surface area contributed by atoms with Crippen LogP contribution in [0, 0.1) is 22.9 Å². The molecule has 0 aliphatic carbocycles. The van der Waals surface area contributed by atoms with Gasteiger partial charge in [-0.2, -0.15) is 0 Å². The zero-order valence-corrected chi connectivity index (χ0v) is 22.9. The van der Waals surface area contributed by atoms with Gasteiger partial charge >= 0.3 is 5.91 Å². The van der Waals surface area contributed by atoms with Crippen molar-refractivity contribution in [3.8, 4) is 17.1 Å². The summed E-state index contributed by atoms with van der Waals surface area (Å²) in [5, 5.41) is 8.32. The molecule has 1 aliphatic rings. The summed E-state index contributed by atoms with van der Waals surface area (Å²) >= 11 is 5.78. The van der Waals surface area contributed by atoms with Crippen LogP contribution in [0.4, 0.5) is 13.2 Å². The van der Waals surface area contributed by atoms with E-state index < -0.39 is 23.4 Å². The average molecular weight is 587 g/mol. The fourth-order valence-corrected chi connectivity index (χ4v) is 4.86. The van der Waals surface area contributed by atoms with Crippen LogP contribution in [0.15, 0.2) is 48.5 Å². The van der Waals surface area contributed by atoms with E-state index in [2.05, 4.69) is 15.2 Å². The van der Waals surface area contributed by atoms with E-state index in [-0.39, 0.29) is 76.0 Å². The van der Waals surface area contributed by atoms with Crippen molar-refractivity contribution >= 4 is 17.5 Å². The van der Waals surface area contributed by atoms with E-state index in [1.807, 2.05) is 19.3 Å². The number of hydrazine groups is 1. The quantitative estimate of drug-likeness (QED) is 0.173. The van der Waals surface area contributed by atoms with Crippen molar-refractivity contribution in [2.24, 2.45) is 11.3 Å². The van der Waals surface area contributed by atoms with Crippen molar-refractivity contribution in [2.45, 2.75) is 32.9 Å². The largest absolute Gasteiger partial charge is 0.473 e. The molecule has 4 aromatic rings. The maximum atomic E-state index is 15.4. The normalized spacial score (nSPS) is 16.1. The third-order valence-corrected chi connectivity index (χ3v) is 7.17. The first-order valence-corrected chi connectivity index (χ1v) is 13.0. The third-order valence-electron chi connectivity index (χ3n) is 6.94. The standard InChI is InChI=1S/C28H26ClF3N6O3/c1-28(2)14-40-13-23(28)38-24(36-37-26(38)27(39)35-33)9-16-8-21(32)18(11-20(16)31)22-4-3-5-25(34-22)41-12-15-6-7-17(29)10-19(15)30/h3-8,10-11,23H,9,12-14,33H2,1-2H3,(H,35,39)/t23-/m1/s1. The van der Waals surface area contributed by atoms with Crippen molar-refractivity contribution in [3.05, 3.63) is 93.8 Å². The van der Waals surface area contributed by atoms with Gasteiger partial charge in [-0.15, -0.1) is 10.2 Å². The Bertz CT molecular complexity index is 1610. The number of pyridine rings is 1. The summed E-state index contributed by atoms with van der Waals surface area (Å²) < 4.78 is 57.6. The summed E-state index contributed by atoms with van der Waals surface area (Å²) in [5.74, 6) is 2.99. The van der Waals surface area contributed by atoms with Crippen LogP contribution in [0.3, 0.4) is 0 Å². The summed E-state index contributed by atoms with van der Waals surface area (Å²) in [6.45, 7) is 4.51. The number of ether oxygens (including phenoxy) is 2. The van der Waals surface area contributed by atoms with Gasteiger partial charge in [0.1, 0.15) is 29.9 Å². The average Bonchev–Trinajstić information content (AvgIpc) is 3.51. The minimum atomic E-state index is -0.731. The number of nitrogens with two attached hydrogens (primary N) is 1. The number of halogens is 4. The highest BCUT2D eigenvalue weighted by molar-refractivity contribution is 6.30. The number of nitrogen functional groups attached to an aromatic ring is 1. The Labute approximate surface area is 238 Å². The molecule has 1 fully saturated rings. The number of rotatable bonds is 8. The van der Waals surface area contributed by atoms with Gasteiger partial charge in [0.2, 0.25) is 11.7 Å². The third kappa shape index (κ3) is 5.90. The van der Waals surface area contributed by atoms with E-state index in [1.54, 1.807) is 10.6 Å². The topological polar surface area (TPSA) is 117 Å². The second kappa shape index (κ2) is 11.5. The van der Waals surface area contributed by atoms with Crippen LogP contribution in [-0.2, 0) is 17.8 Å². The Morgan fingerprint density at radius 1 is 1.12 bits per heavy atom. The Balaban J connectivity index is 1.41. The van der Waals surface area contributed by atoms with E-state index in [0.717, 1.165) is 12.1 Å². The number of aromatic nitrogens is 4. The van der Waals surface area contributed by atoms with Gasteiger partial charge in [0.05, 0.1) is 24.9 Å². The molecular formula is C28H26ClF3N6O3. The molecular weight excluding hydrogens is 561 g/mol. The summed E-state index contributed by atoms with van der Waals surface area (Å²) in [6.07, 6.45) is -0.149. The summed E-state index contributed by atoms with van der Waals surface area (Å²) in [7, 11) is 0. The predicted octanol–water partition coefficient (Wildman–Crippen LogP) is 4.78. The molecule has 0 bridgehead atoms. The number of hydrogen-bond acceptors (Lipinski definition) is 7. The van der Waals surface area contributed by atoms with Gasteiger partial charge < -0.3 is 14.0 Å². The lowest BCUT2D eigenvalue weighted by Gasteiger charge is -2.27. The molecule has 1 amide bonds. The molecule has 3 heterocycles. The molecule has 0 saturated carbocycles. The molecule has 5 rings (SSSR count). The van der Waals surface area contributed by atoms with Crippen LogP contribution >= 0.6 is 11.6 Å². The fourth-order valence-electron chi connectivity index (χ4n) is 4.70. The number of hydrogen-bond donors (Lipinski definition) is 2. The van der Waals surface area contributed by atoms with Crippen LogP contribution in [-0.4, -0.2) is 38.9 Å². The second-order valence-electron chi connectivity index (χ2n) is 10.3. The zero-order chi connectivity index (χ0) is 29.3. The van der Waals surface area contributed by atoms with E-state index >= 15 is 8.78 Å². The van der Waals surface area contributed by atoms with Crippen LogP contribution in [0.25, 0.3) is 11.3 Å². The highest BCUT2D eigenvalue weighted by atomic mass is 35.5. The van der Waals surface area contributed by atoms with E-state index in [9.17, 15) is 9.18 Å². The molecule has 0 unspecified atom stereocenters. The monoisotopic (exact) mass is 586 g/mol. The van der Waals surface area contributed by atoms with Crippen molar-refractivity contribution in [1.82, 2.24) is 25.2 Å². The highest BCUT2D eigenvalue weighted by Gasteiger charge is 2.40. The minimum absolute atomic E-state index is 0.00180. The number of benzene rings is 2. The molecule has 0 radical (unpaired) electrons. The van der Waals surface area contributed by atoms with Crippen molar-refractivity contribution in [2.75, 3.05) is 13.2 Å². The van der Waals surface area contributed by atoms with Crippen molar-refractivity contribution in [3.63, 3.8) is 0 Å². The van der Waals surface area contributed by atoms with E-state index in [4.69, 9.17) is 26.9 Å². The predicted molar refractivity (Wildman–Crippen MR) is 143 cm³/mol. The first-order valence-electron chi connectivity index (χ1n) is 12.6. The molecule has 9 nitrogen and oxygen atoms in total. The SMILES string of the molecule is CC1(C)COC[C@H]1n1c(Cc2cc(F)c(-c3cccc(OCc4ccc(Cl)cc4F)n3)cc2F)nnc1C(=O)NN. The van der Waals surface area contributed by atoms with Crippen LogP contribution < -0.4 is 16.0 Å².